The SMILES string of the molecule is C[C@H](/C=C/CCn1cc(C(CO)c2ccccc2)nn1)[C@@]1(O)C(=O)N(Cc2cccc(NC(=O)C3CCCNC3)c2)c2ccc(NC(=O)C3CCCNC3)cc21. The Morgan fingerprint density at radius 2 is 1.64 bits per heavy atom. The highest BCUT2D eigenvalue weighted by Crippen LogP contribution is 2.47. The van der Waals surface area contributed by atoms with Crippen LogP contribution < -0.4 is 26.2 Å². The first-order valence-electron chi connectivity index (χ1n) is 19.8. The standard InChI is InChI=1S/C43H52N8O5/c1-29(10-5-6-21-50-27-38(48-49-50)36(28-52)31-12-3-2-4-13-31)43(56)37-23-35(47-41(54)33-15-9-20-45-25-33)17-18-39(37)51(42(43)55)26-30-11-7-16-34(22-30)46-40(53)32-14-8-19-44-24-32/h2-5,7,10-13,16-18,22-23,27,29,32-33,36,44-45,52,56H,6,8-9,14-15,19-21,24-26,28H2,1H3,(H,46,53)(H,47,54)/b10-5+/t29-,32?,33?,36?,43+/m1/s1. The molecule has 3 amide bonds. The van der Waals surface area contributed by atoms with Crippen molar-refractivity contribution in [2.24, 2.45) is 17.8 Å². The molecule has 294 valence electrons. The molecule has 0 aliphatic carbocycles. The van der Waals surface area contributed by atoms with Crippen LogP contribution in [-0.2, 0) is 33.1 Å². The van der Waals surface area contributed by atoms with Crippen LogP contribution >= 0.6 is 0 Å². The third-order valence-corrected chi connectivity index (χ3v) is 11.3. The number of rotatable bonds is 14. The number of allylic oxidation sites excluding steroid dienone is 1. The van der Waals surface area contributed by atoms with E-state index in [1.54, 1.807) is 27.8 Å². The van der Waals surface area contributed by atoms with E-state index in [9.17, 15) is 24.6 Å². The van der Waals surface area contributed by atoms with Gasteiger partial charge in [-0.2, -0.15) is 0 Å². The molecule has 2 fully saturated rings. The Morgan fingerprint density at radius 1 is 0.946 bits per heavy atom. The Morgan fingerprint density at radius 3 is 2.30 bits per heavy atom. The Labute approximate surface area is 327 Å². The van der Waals surface area contributed by atoms with Gasteiger partial charge in [-0.15, -0.1) is 5.10 Å². The molecule has 5 atom stereocenters. The Kier molecular flexibility index (Phi) is 12.4. The summed E-state index contributed by atoms with van der Waals surface area (Å²) in [6.07, 6.45) is 9.68. The van der Waals surface area contributed by atoms with E-state index in [1.165, 1.54) is 0 Å². The van der Waals surface area contributed by atoms with Crippen molar-refractivity contribution in [2.75, 3.05) is 48.3 Å². The fourth-order valence-electron chi connectivity index (χ4n) is 8.04. The zero-order valence-electron chi connectivity index (χ0n) is 31.9. The van der Waals surface area contributed by atoms with Crippen LogP contribution in [0.15, 0.2) is 91.1 Å². The average Bonchev–Trinajstić information content (AvgIpc) is 3.78. The van der Waals surface area contributed by atoms with Crippen LogP contribution in [0, 0.1) is 17.8 Å². The Hall–Kier alpha value is -5.21. The number of nitrogens with one attached hydrogen (secondary N) is 4. The lowest BCUT2D eigenvalue weighted by Crippen LogP contribution is -2.44. The van der Waals surface area contributed by atoms with Crippen LogP contribution in [0.5, 0.6) is 0 Å². The number of amides is 3. The van der Waals surface area contributed by atoms with Gasteiger partial charge in [0.2, 0.25) is 11.8 Å². The van der Waals surface area contributed by atoms with Gasteiger partial charge in [-0.3, -0.25) is 19.1 Å². The second-order valence-electron chi connectivity index (χ2n) is 15.2. The number of anilines is 3. The summed E-state index contributed by atoms with van der Waals surface area (Å²) in [5.41, 5.74) is 2.67. The highest BCUT2D eigenvalue weighted by Gasteiger charge is 2.52. The smallest absolute Gasteiger partial charge is 0.264 e. The molecule has 0 bridgehead atoms. The first-order valence-corrected chi connectivity index (χ1v) is 19.8. The molecule has 3 aromatic carbocycles. The number of benzene rings is 3. The summed E-state index contributed by atoms with van der Waals surface area (Å²) < 4.78 is 1.72. The van der Waals surface area contributed by atoms with Gasteiger partial charge in [0.25, 0.3) is 5.91 Å². The maximum absolute atomic E-state index is 14.5. The number of aryl methyl sites for hydroxylation is 1. The Balaban J connectivity index is 1.09. The van der Waals surface area contributed by atoms with E-state index in [0.29, 0.717) is 54.4 Å². The highest BCUT2D eigenvalue weighted by atomic mass is 16.3. The summed E-state index contributed by atoms with van der Waals surface area (Å²) in [5.74, 6) is -1.76. The summed E-state index contributed by atoms with van der Waals surface area (Å²) in [6.45, 7) is 5.48. The van der Waals surface area contributed by atoms with Gasteiger partial charge in [-0.25, -0.2) is 0 Å². The van der Waals surface area contributed by atoms with Gasteiger partial charge in [0.1, 0.15) is 0 Å². The quantitative estimate of drug-likeness (QED) is 0.103. The van der Waals surface area contributed by atoms with Crippen molar-refractivity contribution >= 4 is 34.8 Å². The average molecular weight is 761 g/mol. The minimum absolute atomic E-state index is 0.0312. The molecule has 4 heterocycles. The van der Waals surface area contributed by atoms with Crippen molar-refractivity contribution in [3.05, 3.63) is 114 Å². The first kappa shape index (κ1) is 39.0. The predicted molar refractivity (Wildman–Crippen MR) is 215 cm³/mol. The monoisotopic (exact) mass is 760 g/mol. The number of piperidine rings is 2. The molecule has 6 N–H and O–H groups in total. The van der Waals surface area contributed by atoms with Crippen LogP contribution in [0.25, 0.3) is 0 Å². The molecular weight excluding hydrogens is 709 g/mol. The van der Waals surface area contributed by atoms with Gasteiger partial charge >= 0.3 is 0 Å². The van der Waals surface area contributed by atoms with Crippen molar-refractivity contribution in [1.29, 1.82) is 0 Å². The molecule has 56 heavy (non-hydrogen) atoms. The molecule has 0 radical (unpaired) electrons. The number of fused-ring (bicyclic) bond motifs is 1. The molecule has 3 aliphatic rings. The molecule has 0 saturated carbocycles. The summed E-state index contributed by atoms with van der Waals surface area (Å²) >= 11 is 0. The number of hydrogen-bond donors (Lipinski definition) is 6. The predicted octanol–water partition coefficient (Wildman–Crippen LogP) is 4.30. The largest absolute Gasteiger partial charge is 0.395 e. The lowest BCUT2D eigenvalue weighted by molar-refractivity contribution is -0.139. The third-order valence-electron chi connectivity index (χ3n) is 11.3. The second kappa shape index (κ2) is 17.7. The van der Waals surface area contributed by atoms with E-state index in [2.05, 4.69) is 31.6 Å². The molecule has 3 unspecified atom stereocenters. The number of carbonyl (C=O) groups excluding carboxylic acids is 3. The van der Waals surface area contributed by atoms with E-state index in [4.69, 9.17) is 0 Å². The van der Waals surface area contributed by atoms with Crippen LogP contribution in [0.2, 0.25) is 0 Å². The lowest BCUT2D eigenvalue weighted by Gasteiger charge is -2.28. The minimum atomic E-state index is -1.91. The topological polar surface area (TPSA) is 174 Å². The van der Waals surface area contributed by atoms with E-state index >= 15 is 0 Å². The van der Waals surface area contributed by atoms with Crippen molar-refractivity contribution < 1.29 is 24.6 Å². The number of aliphatic hydroxyl groups is 2. The van der Waals surface area contributed by atoms with Crippen LogP contribution in [0.4, 0.5) is 17.1 Å². The van der Waals surface area contributed by atoms with Gasteiger partial charge in [0.15, 0.2) is 5.60 Å². The van der Waals surface area contributed by atoms with Crippen LogP contribution in [-0.4, -0.2) is 75.7 Å². The minimum Gasteiger partial charge on any atom is -0.395 e. The second-order valence-corrected chi connectivity index (χ2v) is 15.2. The van der Waals surface area contributed by atoms with Gasteiger partial charge in [0, 0.05) is 48.7 Å². The summed E-state index contributed by atoms with van der Waals surface area (Å²) in [7, 11) is 0. The summed E-state index contributed by atoms with van der Waals surface area (Å²) in [6, 6.07) is 22.4. The molecular formula is C43H52N8O5. The maximum atomic E-state index is 14.5. The van der Waals surface area contributed by atoms with Gasteiger partial charge < -0.3 is 36.4 Å². The zero-order valence-corrected chi connectivity index (χ0v) is 31.9. The number of aliphatic hydroxyl groups excluding tert-OH is 1. The Bertz CT molecular complexity index is 2020. The van der Waals surface area contributed by atoms with E-state index < -0.39 is 17.4 Å². The number of hydrogen-bond acceptors (Lipinski definition) is 9. The molecule has 2 saturated heterocycles. The molecule has 4 aromatic rings. The number of carbonyl (C=O) groups is 3. The van der Waals surface area contributed by atoms with Crippen LogP contribution in [0.1, 0.15) is 67.3 Å². The molecule has 1 aromatic heterocycles. The van der Waals surface area contributed by atoms with E-state index in [0.717, 1.165) is 49.9 Å². The third kappa shape index (κ3) is 8.61. The highest BCUT2D eigenvalue weighted by molar-refractivity contribution is 6.08. The summed E-state index contributed by atoms with van der Waals surface area (Å²) in [5, 5.41) is 43.8. The normalized spacial score (nSPS) is 22.1. The fraction of sp³-hybridized carbons (Fsp3) is 0.419. The zero-order chi connectivity index (χ0) is 39.1. The van der Waals surface area contributed by atoms with E-state index in [-0.39, 0.29) is 42.7 Å². The molecule has 7 rings (SSSR count). The van der Waals surface area contributed by atoms with Crippen molar-refractivity contribution in [1.82, 2.24) is 25.6 Å². The summed E-state index contributed by atoms with van der Waals surface area (Å²) in [4.78, 5) is 42.2. The number of nitrogens with zero attached hydrogens (tertiary/aromatic N) is 4. The fourth-order valence-corrected chi connectivity index (χ4v) is 8.04. The van der Waals surface area contributed by atoms with Crippen LogP contribution in [0.3, 0.4) is 0 Å². The molecule has 13 heteroatoms. The molecule has 0 spiro atoms. The molecule has 13 nitrogen and oxygen atoms in total. The molecule has 3 aliphatic heterocycles. The van der Waals surface area contributed by atoms with Crippen molar-refractivity contribution in [2.45, 2.75) is 63.6 Å². The maximum Gasteiger partial charge on any atom is 0.264 e. The van der Waals surface area contributed by atoms with Crippen molar-refractivity contribution in [3.63, 3.8) is 0 Å². The van der Waals surface area contributed by atoms with E-state index in [1.807, 2.05) is 79.9 Å². The number of aromatic nitrogens is 3. The van der Waals surface area contributed by atoms with Crippen molar-refractivity contribution in [3.8, 4) is 0 Å². The van der Waals surface area contributed by atoms with Gasteiger partial charge in [-0.1, -0.05) is 66.8 Å². The first-order chi connectivity index (χ1) is 27.2. The lowest BCUT2D eigenvalue weighted by atomic mass is 9.82. The van der Waals surface area contributed by atoms with Gasteiger partial charge in [0.05, 0.1) is 42.3 Å². The van der Waals surface area contributed by atoms with Gasteiger partial charge in [-0.05, 0) is 86.7 Å².